The number of nitrogens with one attached hydrogen (secondary N) is 4. The molecular formula is C21H28N6O7. The molecule has 184 valence electrons. The highest BCUT2D eigenvalue weighted by Crippen LogP contribution is 2.12. The molecule has 0 aliphatic carbocycles. The molecule has 13 nitrogen and oxygen atoms in total. The van der Waals surface area contributed by atoms with E-state index in [9.17, 15) is 29.4 Å². The van der Waals surface area contributed by atoms with Crippen molar-refractivity contribution in [2.45, 2.75) is 43.9 Å². The molecule has 34 heavy (non-hydrogen) atoms. The Bertz CT molecular complexity index is 978. The molecule has 13 heteroatoms. The van der Waals surface area contributed by atoms with Crippen LogP contribution >= 0.6 is 0 Å². The van der Waals surface area contributed by atoms with Gasteiger partial charge in [0.2, 0.25) is 17.7 Å². The second-order valence-electron chi connectivity index (χ2n) is 7.64. The lowest BCUT2D eigenvalue weighted by Gasteiger charge is -2.24. The Kier molecular flexibility index (Phi) is 9.52. The van der Waals surface area contributed by atoms with E-state index in [0.29, 0.717) is 11.3 Å². The van der Waals surface area contributed by atoms with Gasteiger partial charge in [0.05, 0.1) is 19.0 Å². The number of aromatic hydroxyl groups is 1. The molecule has 4 atom stereocenters. The number of benzene rings is 1. The van der Waals surface area contributed by atoms with E-state index in [-0.39, 0.29) is 18.6 Å². The molecule has 0 fully saturated rings. The highest BCUT2D eigenvalue weighted by Gasteiger charge is 2.30. The SMILES string of the molecule is CC(N)C(=O)NC(Cc1cnc[nH]1)C(=O)NC(Cc1ccc(O)cc1)C(=O)NC(CO)C(=O)O. The molecular weight excluding hydrogens is 448 g/mol. The van der Waals surface area contributed by atoms with Crippen LogP contribution in [0.1, 0.15) is 18.2 Å². The second-order valence-corrected chi connectivity index (χ2v) is 7.64. The number of phenolic OH excluding ortho intramolecular Hbond substituents is 1. The van der Waals surface area contributed by atoms with Crippen molar-refractivity contribution in [1.82, 2.24) is 25.9 Å². The standard InChI is InChI=1S/C21H28N6O7/c1-11(22)18(30)25-16(7-13-8-23-10-24-13)20(32)26-15(6-12-2-4-14(29)5-3-12)19(31)27-17(9-28)21(33)34/h2-5,8,10-11,15-17,28-29H,6-7,9,22H2,1H3,(H,23,24)(H,25,30)(H,26,32)(H,27,31)(H,33,34). The summed E-state index contributed by atoms with van der Waals surface area (Å²) in [5, 5.41) is 35.1. The Hall–Kier alpha value is -3.97. The first-order valence-electron chi connectivity index (χ1n) is 10.4. The van der Waals surface area contributed by atoms with Crippen molar-refractivity contribution in [3.8, 4) is 5.75 Å². The number of H-pyrrole nitrogens is 1. The number of aliphatic hydroxyl groups excluding tert-OH is 1. The minimum atomic E-state index is -1.58. The lowest BCUT2D eigenvalue weighted by atomic mass is 10.0. The third kappa shape index (κ3) is 7.86. The summed E-state index contributed by atoms with van der Waals surface area (Å²) in [6, 6.07) is 0.988. The zero-order valence-electron chi connectivity index (χ0n) is 18.4. The average Bonchev–Trinajstić information content (AvgIpc) is 3.30. The van der Waals surface area contributed by atoms with Crippen molar-refractivity contribution in [2.24, 2.45) is 5.73 Å². The summed E-state index contributed by atoms with van der Waals surface area (Å²) in [7, 11) is 0. The number of nitrogens with two attached hydrogens (primary N) is 1. The van der Waals surface area contributed by atoms with Crippen LogP contribution in [0.3, 0.4) is 0 Å². The number of hydrogen-bond donors (Lipinski definition) is 8. The molecule has 0 aliphatic rings. The topological polar surface area (TPSA) is 220 Å². The van der Waals surface area contributed by atoms with Gasteiger partial charge in [0.15, 0.2) is 0 Å². The van der Waals surface area contributed by atoms with E-state index in [1.165, 1.54) is 43.7 Å². The van der Waals surface area contributed by atoms with E-state index in [0.717, 1.165) is 0 Å². The van der Waals surface area contributed by atoms with Crippen LogP contribution in [0.4, 0.5) is 0 Å². The number of carboxylic acids is 1. The predicted octanol–water partition coefficient (Wildman–Crippen LogP) is -2.22. The van der Waals surface area contributed by atoms with Gasteiger partial charge in [-0.05, 0) is 24.6 Å². The number of carbonyl (C=O) groups is 4. The monoisotopic (exact) mass is 476 g/mol. The van der Waals surface area contributed by atoms with Crippen molar-refractivity contribution in [2.75, 3.05) is 6.61 Å². The lowest BCUT2D eigenvalue weighted by molar-refractivity contribution is -0.143. The number of imidazole rings is 1. The van der Waals surface area contributed by atoms with Gasteiger partial charge in [-0.2, -0.15) is 0 Å². The molecule has 9 N–H and O–H groups in total. The van der Waals surface area contributed by atoms with E-state index < -0.39 is 54.5 Å². The van der Waals surface area contributed by atoms with E-state index in [1.54, 1.807) is 0 Å². The van der Waals surface area contributed by atoms with Gasteiger partial charge in [0.1, 0.15) is 23.9 Å². The molecule has 0 aliphatic heterocycles. The van der Waals surface area contributed by atoms with Crippen LogP contribution in [0.2, 0.25) is 0 Å². The van der Waals surface area contributed by atoms with E-state index >= 15 is 0 Å². The molecule has 3 amide bonds. The Labute approximate surface area is 194 Å². The third-order valence-corrected chi connectivity index (χ3v) is 4.83. The maximum Gasteiger partial charge on any atom is 0.328 e. The number of rotatable bonds is 12. The maximum absolute atomic E-state index is 13.1. The number of phenols is 1. The van der Waals surface area contributed by atoms with Crippen LogP contribution in [0, 0.1) is 0 Å². The minimum absolute atomic E-state index is 0.00162. The van der Waals surface area contributed by atoms with Crippen molar-refractivity contribution < 1.29 is 34.5 Å². The molecule has 0 bridgehead atoms. The molecule has 2 rings (SSSR count). The van der Waals surface area contributed by atoms with Gasteiger partial charge < -0.3 is 42.0 Å². The second kappa shape index (κ2) is 12.3. The summed E-state index contributed by atoms with van der Waals surface area (Å²) in [5.74, 6) is -3.63. The summed E-state index contributed by atoms with van der Waals surface area (Å²) < 4.78 is 0. The molecule has 2 aromatic rings. The number of aromatic amines is 1. The minimum Gasteiger partial charge on any atom is -0.508 e. The van der Waals surface area contributed by atoms with Gasteiger partial charge in [-0.25, -0.2) is 9.78 Å². The van der Waals surface area contributed by atoms with Crippen molar-refractivity contribution in [3.05, 3.63) is 48.0 Å². The fourth-order valence-corrected chi connectivity index (χ4v) is 2.94. The van der Waals surface area contributed by atoms with Gasteiger partial charge in [-0.15, -0.1) is 0 Å². The number of amides is 3. The predicted molar refractivity (Wildman–Crippen MR) is 118 cm³/mol. The molecule has 4 unspecified atom stereocenters. The number of aliphatic hydroxyl groups is 1. The molecule has 1 heterocycles. The normalized spacial score (nSPS) is 14.3. The summed E-state index contributed by atoms with van der Waals surface area (Å²) in [5.41, 5.74) is 6.68. The molecule has 0 saturated carbocycles. The fourth-order valence-electron chi connectivity index (χ4n) is 2.94. The van der Waals surface area contributed by atoms with Crippen LogP contribution in [0.25, 0.3) is 0 Å². The Balaban J connectivity index is 2.25. The number of hydrogen-bond acceptors (Lipinski definition) is 8. The first-order chi connectivity index (χ1) is 16.1. The third-order valence-electron chi connectivity index (χ3n) is 4.83. The van der Waals surface area contributed by atoms with Crippen LogP contribution in [0.5, 0.6) is 5.75 Å². The zero-order chi connectivity index (χ0) is 25.3. The number of carboxylic acid groups (broad SMARTS) is 1. The Morgan fingerprint density at radius 2 is 1.53 bits per heavy atom. The highest BCUT2D eigenvalue weighted by atomic mass is 16.4. The van der Waals surface area contributed by atoms with Gasteiger partial charge >= 0.3 is 5.97 Å². The van der Waals surface area contributed by atoms with E-state index in [2.05, 4.69) is 25.9 Å². The Morgan fingerprint density at radius 3 is 2.03 bits per heavy atom. The molecule has 0 spiro atoms. The van der Waals surface area contributed by atoms with Crippen molar-refractivity contribution >= 4 is 23.7 Å². The van der Waals surface area contributed by atoms with Crippen LogP contribution in [-0.2, 0) is 32.0 Å². The maximum atomic E-state index is 13.1. The van der Waals surface area contributed by atoms with Crippen molar-refractivity contribution in [1.29, 1.82) is 0 Å². The fraction of sp³-hybridized carbons (Fsp3) is 0.381. The average molecular weight is 476 g/mol. The molecule has 0 radical (unpaired) electrons. The molecule has 1 aromatic heterocycles. The van der Waals surface area contributed by atoms with Crippen molar-refractivity contribution in [3.63, 3.8) is 0 Å². The van der Waals surface area contributed by atoms with Gasteiger partial charge in [0.25, 0.3) is 0 Å². The summed E-state index contributed by atoms with van der Waals surface area (Å²) in [6.45, 7) is 0.594. The van der Waals surface area contributed by atoms with E-state index in [4.69, 9.17) is 10.8 Å². The van der Waals surface area contributed by atoms with Crippen LogP contribution < -0.4 is 21.7 Å². The lowest BCUT2D eigenvalue weighted by Crippen LogP contribution is -2.58. The zero-order valence-corrected chi connectivity index (χ0v) is 18.4. The van der Waals surface area contributed by atoms with E-state index in [1.807, 2.05) is 0 Å². The smallest absolute Gasteiger partial charge is 0.328 e. The number of carbonyl (C=O) groups excluding carboxylic acids is 3. The van der Waals surface area contributed by atoms with Crippen LogP contribution in [-0.4, -0.2) is 79.8 Å². The first-order valence-corrected chi connectivity index (χ1v) is 10.4. The van der Waals surface area contributed by atoms with Gasteiger partial charge in [-0.3, -0.25) is 14.4 Å². The number of aliphatic carboxylic acids is 1. The Morgan fingerprint density at radius 1 is 0.971 bits per heavy atom. The first kappa shape index (κ1) is 26.3. The van der Waals surface area contributed by atoms with Gasteiger partial charge in [-0.1, -0.05) is 12.1 Å². The largest absolute Gasteiger partial charge is 0.508 e. The quantitative estimate of drug-likeness (QED) is 0.166. The molecule has 1 aromatic carbocycles. The number of aromatic nitrogens is 2. The molecule has 0 saturated heterocycles. The summed E-state index contributed by atoms with van der Waals surface area (Å²) >= 11 is 0. The number of nitrogens with zero attached hydrogens (tertiary/aromatic N) is 1. The highest BCUT2D eigenvalue weighted by molar-refractivity contribution is 5.94. The summed E-state index contributed by atoms with van der Waals surface area (Å²) in [4.78, 5) is 56.0. The van der Waals surface area contributed by atoms with Gasteiger partial charge in [0, 0.05) is 24.7 Å². The van der Waals surface area contributed by atoms with Crippen LogP contribution in [0.15, 0.2) is 36.8 Å². The summed E-state index contributed by atoms with van der Waals surface area (Å²) in [6.07, 6.45) is 2.83.